The van der Waals surface area contributed by atoms with Crippen molar-refractivity contribution in [2.45, 2.75) is 13.2 Å². The summed E-state index contributed by atoms with van der Waals surface area (Å²) in [6, 6.07) is 9.16. The van der Waals surface area contributed by atoms with Gasteiger partial charge < -0.3 is 15.3 Å². The number of benzene rings is 1. The number of hydrogen-bond donors (Lipinski definition) is 2. The van der Waals surface area contributed by atoms with E-state index in [1.165, 1.54) is 6.20 Å². The van der Waals surface area contributed by atoms with Crippen molar-refractivity contribution in [3.8, 4) is 0 Å². The Hall–Kier alpha value is -2.24. The molecule has 21 heavy (non-hydrogen) atoms. The Bertz CT molecular complexity index is 626. The van der Waals surface area contributed by atoms with Crippen molar-refractivity contribution in [2.75, 3.05) is 19.4 Å². The number of nitrogens with zero attached hydrogens (tertiary/aromatic N) is 2. The van der Waals surface area contributed by atoms with E-state index < -0.39 is 0 Å². The normalized spacial score (nSPS) is 10.7. The van der Waals surface area contributed by atoms with Gasteiger partial charge in [-0.15, -0.1) is 0 Å². The third-order valence-electron chi connectivity index (χ3n) is 3.02. The van der Waals surface area contributed by atoms with Gasteiger partial charge in [0, 0.05) is 23.9 Å². The molecule has 2 aromatic rings. The molecule has 0 bridgehead atoms. The van der Waals surface area contributed by atoms with Crippen molar-refractivity contribution in [3.63, 3.8) is 0 Å². The lowest BCUT2D eigenvalue weighted by Gasteiger charge is -2.12. The molecule has 2 rings (SSSR count). The Morgan fingerprint density at radius 1 is 1.33 bits per heavy atom. The molecule has 1 amide bonds. The number of aliphatic hydroxyl groups excluding tert-OH is 1. The van der Waals surface area contributed by atoms with Crippen LogP contribution in [0.15, 0.2) is 42.7 Å². The van der Waals surface area contributed by atoms with Crippen LogP contribution in [0.2, 0.25) is 0 Å². The van der Waals surface area contributed by atoms with Gasteiger partial charge in [0.25, 0.3) is 5.91 Å². The number of hydrogen-bond acceptors (Lipinski definition) is 4. The summed E-state index contributed by atoms with van der Waals surface area (Å²) < 4.78 is 0. The monoisotopic (exact) mass is 285 g/mol. The molecular weight excluding hydrogens is 266 g/mol. The maximum atomic E-state index is 12.3. The van der Waals surface area contributed by atoms with Gasteiger partial charge in [-0.25, -0.2) is 0 Å². The van der Waals surface area contributed by atoms with Crippen molar-refractivity contribution in [1.29, 1.82) is 0 Å². The molecule has 110 valence electrons. The third kappa shape index (κ3) is 4.11. The molecule has 1 heterocycles. The predicted molar refractivity (Wildman–Crippen MR) is 81.9 cm³/mol. The van der Waals surface area contributed by atoms with Gasteiger partial charge >= 0.3 is 0 Å². The van der Waals surface area contributed by atoms with E-state index in [0.29, 0.717) is 16.8 Å². The first-order valence-corrected chi connectivity index (χ1v) is 6.69. The zero-order chi connectivity index (χ0) is 15.2. The number of aromatic nitrogens is 1. The highest BCUT2D eigenvalue weighted by Gasteiger charge is 2.09. The van der Waals surface area contributed by atoms with E-state index in [2.05, 4.69) is 10.3 Å². The molecule has 0 spiro atoms. The minimum absolute atomic E-state index is 0.140. The van der Waals surface area contributed by atoms with Gasteiger partial charge in [0.1, 0.15) is 0 Å². The van der Waals surface area contributed by atoms with Crippen molar-refractivity contribution < 1.29 is 9.90 Å². The van der Waals surface area contributed by atoms with Gasteiger partial charge in [-0.1, -0.05) is 12.1 Å². The van der Waals surface area contributed by atoms with E-state index in [0.717, 1.165) is 12.1 Å². The molecule has 0 aliphatic carbocycles. The maximum absolute atomic E-state index is 12.3. The molecule has 0 unspecified atom stereocenters. The quantitative estimate of drug-likeness (QED) is 0.880. The lowest BCUT2D eigenvalue weighted by molar-refractivity contribution is 0.102. The van der Waals surface area contributed by atoms with Crippen molar-refractivity contribution in [3.05, 3.63) is 59.4 Å². The summed E-state index contributed by atoms with van der Waals surface area (Å²) in [6.45, 7) is 0.634. The van der Waals surface area contributed by atoms with Crippen LogP contribution in [-0.2, 0) is 13.2 Å². The van der Waals surface area contributed by atoms with Gasteiger partial charge in [0.15, 0.2) is 0 Å². The number of pyridine rings is 1. The molecule has 0 aliphatic rings. The summed E-state index contributed by atoms with van der Waals surface area (Å²) in [5.41, 5.74) is 2.83. The maximum Gasteiger partial charge on any atom is 0.255 e. The van der Waals surface area contributed by atoms with Crippen LogP contribution in [0.5, 0.6) is 0 Å². The number of amides is 1. The highest BCUT2D eigenvalue weighted by molar-refractivity contribution is 6.04. The van der Waals surface area contributed by atoms with Crippen molar-refractivity contribution >= 4 is 11.6 Å². The molecule has 5 nitrogen and oxygen atoms in total. The topological polar surface area (TPSA) is 65.5 Å². The van der Waals surface area contributed by atoms with Crippen LogP contribution >= 0.6 is 0 Å². The van der Waals surface area contributed by atoms with Gasteiger partial charge in [-0.3, -0.25) is 9.78 Å². The summed E-state index contributed by atoms with van der Waals surface area (Å²) in [4.78, 5) is 18.3. The van der Waals surface area contributed by atoms with Gasteiger partial charge in [-0.2, -0.15) is 0 Å². The molecule has 1 aromatic carbocycles. The predicted octanol–water partition coefficient (Wildman–Crippen LogP) is 1.89. The van der Waals surface area contributed by atoms with Gasteiger partial charge in [-0.05, 0) is 37.9 Å². The lowest BCUT2D eigenvalue weighted by Crippen LogP contribution is -2.15. The number of nitrogens with one attached hydrogen (secondary N) is 1. The van der Waals surface area contributed by atoms with Crippen molar-refractivity contribution in [1.82, 2.24) is 9.88 Å². The summed E-state index contributed by atoms with van der Waals surface area (Å²) in [7, 11) is 3.96. The van der Waals surface area contributed by atoms with Crippen LogP contribution in [0.25, 0.3) is 0 Å². The lowest BCUT2D eigenvalue weighted by atomic mass is 10.1. The van der Waals surface area contributed by atoms with Crippen molar-refractivity contribution in [2.24, 2.45) is 0 Å². The number of carbonyl (C=O) groups is 1. The standard InChI is InChI=1S/C16H19N3O2/c1-19(2)10-12-4-3-5-13(8-12)16(21)18-15-9-17-7-6-14(15)11-20/h3-9,20H,10-11H2,1-2H3,(H,18,21). The first kappa shape index (κ1) is 15.2. The van der Waals surface area contributed by atoms with Crippen LogP contribution in [0.3, 0.4) is 0 Å². The Kier molecular flexibility index (Phi) is 5.03. The van der Waals surface area contributed by atoms with Crippen LogP contribution < -0.4 is 5.32 Å². The Balaban J connectivity index is 2.16. The third-order valence-corrected chi connectivity index (χ3v) is 3.02. The second-order valence-corrected chi connectivity index (χ2v) is 5.08. The van der Waals surface area contributed by atoms with Crippen LogP contribution in [-0.4, -0.2) is 35.0 Å². The molecule has 2 N–H and O–H groups in total. The molecule has 1 aromatic heterocycles. The van der Waals surface area contributed by atoms with Crippen LogP contribution in [0.4, 0.5) is 5.69 Å². The summed E-state index contributed by atoms with van der Waals surface area (Å²) in [6.07, 6.45) is 3.12. The largest absolute Gasteiger partial charge is 0.392 e. The van der Waals surface area contributed by atoms with Gasteiger partial charge in [0.05, 0.1) is 18.5 Å². The second kappa shape index (κ2) is 6.97. The average molecular weight is 285 g/mol. The second-order valence-electron chi connectivity index (χ2n) is 5.08. The Morgan fingerprint density at radius 2 is 2.14 bits per heavy atom. The Labute approximate surface area is 124 Å². The van der Waals surface area contributed by atoms with Crippen LogP contribution in [0.1, 0.15) is 21.5 Å². The molecule has 0 fully saturated rings. The summed E-state index contributed by atoms with van der Waals surface area (Å²) in [5, 5.41) is 12.0. The SMILES string of the molecule is CN(C)Cc1cccc(C(=O)Nc2cnccc2CO)c1. The fourth-order valence-corrected chi connectivity index (χ4v) is 2.04. The highest BCUT2D eigenvalue weighted by Crippen LogP contribution is 2.15. The fraction of sp³-hybridized carbons (Fsp3) is 0.250. The number of carbonyl (C=O) groups excluding carboxylic acids is 1. The number of aliphatic hydroxyl groups is 1. The van der Waals surface area contributed by atoms with E-state index in [-0.39, 0.29) is 12.5 Å². The molecule has 0 radical (unpaired) electrons. The first-order valence-electron chi connectivity index (χ1n) is 6.69. The van der Waals surface area contributed by atoms with E-state index in [4.69, 9.17) is 0 Å². The molecule has 0 saturated carbocycles. The number of rotatable bonds is 5. The summed E-state index contributed by atoms with van der Waals surface area (Å²) in [5.74, 6) is -0.210. The molecule has 0 saturated heterocycles. The van der Waals surface area contributed by atoms with Gasteiger partial charge in [0.2, 0.25) is 0 Å². The zero-order valence-corrected chi connectivity index (χ0v) is 12.2. The van der Waals surface area contributed by atoms with Crippen LogP contribution in [0, 0.1) is 0 Å². The Morgan fingerprint density at radius 3 is 2.86 bits per heavy atom. The molecule has 0 atom stereocenters. The zero-order valence-electron chi connectivity index (χ0n) is 12.2. The summed E-state index contributed by atoms with van der Waals surface area (Å²) >= 11 is 0. The van der Waals surface area contributed by atoms with E-state index in [1.807, 2.05) is 37.2 Å². The minimum Gasteiger partial charge on any atom is -0.392 e. The van der Waals surface area contributed by atoms with E-state index in [9.17, 15) is 9.90 Å². The van der Waals surface area contributed by atoms with E-state index in [1.54, 1.807) is 18.3 Å². The van der Waals surface area contributed by atoms with E-state index >= 15 is 0 Å². The smallest absolute Gasteiger partial charge is 0.255 e. The number of anilines is 1. The molecular formula is C16H19N3O2. The highest BCUT2D eigenvalue weighted by atomic mass is 16.3. The fourth-order valence-electron chi connectivity index (χ4n) is 2.04. The molecule has 5 heteroatoms. The minimum atomic E-state index is -0.210. The first-order chi connectivity index (χ1) is 10.1. The average Bonchev–Trinajstić information content (AvgIpc) is 2.47. The molecule has 0 aliphatic heterocycles.